The molecule has 0 atom stereocenters. The van der Waals surface area contributed by atoms with Crippen molar-refractivity contribution in [2.75, 3.05) is 19.7 Å². The number of nitrogens with zero attached hydrogens (tertiary/aromatic N) is 1. The minimum Gasteiger partial charge on any atom is -0.467 e. The molecule has 1 aliphatic carbocycles. The molecule has 1 saturated carbocycles. The van der Waals surface area contributed by atoms with Crippen molar-refractivity contribution in [1.82, 2.24) is 10.6 Å². The molecule has 100 valence electrons. The third-order valence-electron chi connectivity index (χ3n) is 3.24. The van der Waals surface area contributed by atoms with Gasteiger partial charge in [-0.1, -0.05) is 0 Å². The number of furan rings is 1. The van der Waals surface area contributed by atoms with Gasteiger partial charge in [-0.15, -0.1) is 0 Å². The van der Waals surface area contributed by atoms with Crippen molar-refractivity contribution in [3.63, 3.8) is 0 Å². The fourth-order valence-electron chi connectivity index (χ4n) is 1.74. The normalized spacial score (nSPS) is 17.6. The Labute approximate surface area is 107 Å². The molecule has 18 heavy (non-hydrogen) atoms. The van der Waals surface area contributed by atoms with Gasteiger partial charge < -0.3 is 20.2 Å². The Kier molecular flexibility index (Phi) is 4.25. The molecule has 0 aliphatic heterocycles. The summed E-state index contributed by atoms with van der Waals surface area (Å²) in [6.45, 7) is 4.39. The molecule has 5 heteroatoms. The summed E-state index contributed by atoms with van der Waals surface area (Å²) >= 11 is 0. The maximum Gasteiger partial charge on any atom is 0.191 e. The van der Waals surface area contributed by atoms with E-state index in [0.717, 1.165) is 37.7 Å². The molecule has 1 heterocycles. The van der Waals surface area contributed by atoms with E-state index in [1.54, 1.807) is 6.26 Å². The molecular formula is C13H21N3O2. The monoisotopic (exact) mass is 251 g/mol. The molecule has 0 radical (unpaired) electrons. The zero-order chi connectivity index (χ0) is 12.8. The van der Waals surface area contributed by atoms with Crippen molar-refractivity contribution in [2.24, 2.45) is 10.4 Å². The van der Waals surface area contributed by atoms with Gasteiger partial charge in [0.2, 0.25) is 0 Å². The smallest absolute Gasteiger partial charge is 0.191 e. The minimum atomic E-state index is 0.0842. The molecule has 0 spiro atoms. The summed E-state index contributed by atoms with van der Waals surface area (Å²) in [6, 6.07) is 3.76. The average molecular weight is 251 g/mol. The molecule has 0 bridgehead atoms. The molecule has 1 fully saturated rings. The van der Waals surface area contributed by atoms with Crippen LogP contribution in [0.25, 0.3) is 0 Å². The molecule has 0 saturated heterocycles. The first kappa shape index (κ1) is 13.0. The van der Waals surface area contributed by atoms with Crippen molar-refractivity contribution in [2.45, 2.75) is 26.3 Å². The lowest BCUT2D eigenvalue weighted by atomic mass is 10.1. The van der Waals surface area contributed by atoms with E-state index in [2.05, 4.69) is 15.6 Å². The highest BCUT2D eigenvalue weighted by molar-refractivity contribution is 5.79. The van der Waals surface area contributed by atoms with Crippen LogP contribution >= 0.6 is 0 Å². The summed E-state index contributed by atoms with van der Waals surface area (Å²) in [6.07, 6.45) is 3.83. The lowest BCUT2D eigenvalue weighted by Gasteiger charge is -2.16. The van der Waals surface area contributed by atoms with Crippen LogP contribution in [0, 0.1) is 5.41 Å². The van der Waals surface area contributed by atoms with Gasteiger partial charge >= 0.3 is 0 Å². The van der Waals surface area contributed by atoms with Crippen molar-refractivity contribution in [1.29, 1.82) is 0 Å². The fourth-order valence-corrected chi connectivity index (χ4v) is 1.74. The number of nitrogens with one attached hydrogen (secondary N) is 2. The maximum atomic E-state index is 9.26. The first-order valence-electron chi connectivity index (χ1n) is 6.43. The van der Waals surface area contributed by atoms with Crippen LogP contribution in [-0.4, -0.2) is 30.8 Å². The number of guanidine groups is 1. The number of aliphatic hydroxyl groups excluding tert-OH is 1. The molecule has 2 rings (SSSR count). The Morgan fingerprint density at radius 1 is 1.50 bits per heavy atom. The molecule has 0 unspecified atom stereocenters. The molecule has 3 N–H and O–H groups in total. The highest BCUT2D eigenvalue weighted by atomic mass is 16.3. The van der Waals surface area contributed by atoms with E-state index in [4.69, 9.17) is 4.42 Å². The van der Waals surface area contributed by atoms with Crippen LogP contribution in [0.3, 0.4) is 0 Å². The number of hydrogen-bond acceptors (Lipinski definition) is 3. The summed E-state index contributed by atoms with van der Waals surface area (Å²) in [7, 11) is 0. The van der Waals surface area contributed by atoms with Gasteiger partial charge in [0.05, 0.1) is 12.9 Å². The SMILES string of the molecule is CCNC(=NCc1ccco1)NCC1(CO)CC1. The third-order valence-corrected chi connectivity index (χ3v) is 3.24. The molecule has 5 nitrogen and oxygen atoms in total. The Balaban J connectivity index is 1.84. The maximum absolute atomic E-state index is 9.26. The number of rotatable bonds is 6. The van der Waals surface area contributed by atoms with Crippen LogP contribution in [-0.2, 0) is 6.54 Å². The number of aliphatic hydroxyl groups is 1. The van der Waals surface area contributed by atoms with E-state index in [9.17, 15) is 5.11 Å². The van der Waals surface area contributed by atoms with E-state index < -0.39 is 0 Å². The van der Waals surface area contributed by atoms with Crippen LogP contribution in [0.1, 0.15) is 25.5 Å². The van der Waals surface area contributed by atoms with Gasteiger partial charge in [0, 0.05) is 18.5 Å². The van der Waals surface area contributed by atoms with Crippen LogP contribution in [0.2, 0.25) is 0 Å². The van der Waals surface area contributed by atoms with E-state index >= 15 is 0 Å². The van der Waals surface area contributed by atoms with Crippen molar-refractivity contribution in [3.8, 4) is 0 Å². The van der Waals surface area contributed by atoms with Gasteiger partial charge in [-0.2, -0.15) is 0 Å². The van der Waals surface area contributed by atoms with Crippen molar-refractivity contribution >= 4 is 5.96 Å². The van der Waals surface area contributed by atoms with Gasteiger partial charge in [-0.05, 0) is 31.9 Å². The minimum absolute atomic E-state index is 0.0842. The van der Waals surface area contributed by atoms with Crippen LogP contribution in [0.4, 0.5) is 0 Å². The average Bonchev–Trinajstić information content (AvgIpc) is 2.99. The lowest BCUT2D eigenvalue weighted by molar-refractivity contribution is 0.212. The first-order valence-corrected chi connectivity index (χ1v) is 6.43. The van der Waals surface area contributed by atoms with Crippen LogP contribution < -0.4 is 10.6 Å². The Morgan fingerprint density at radius 3 is 2.89 bits per heavy atom. The molecule has 1 aromatic rings. The topological polar surface area (TPSA) is 69.8 Å². The van der Waals surface area contributed by atoms with E-state index in [1.165, 1.54) is 0 Å². The molecule has 0 aromatic carbocycles. The summed E-state index contributed by atoms with van der Waals surface area (Å²) in [5, 5.41) is 15.7. The fraction of sp³-hybridized carbons (Fsp3) is 0.615. The van der Waals surface area contributed by atoms with Gasteiger partial charge in [0.1, 0.15) is 12.3 Å². The Bertz CT molecular complexity index is 383. The Morgan fingerprint density at radius 2 is 2.33 bits per heavy atom. The standard InChI is InChI=1S/C13H21N3O2/c1-2-14-12(15-8-11-4-3-7-18-11)16-9-13(10-17)5-6-13/h3-4,7,17H,2,5-6,8-10H2,1H3,(H2,14,15,16). The summed E-state index contributed by atoms with van der Waals surface area (Å²) in [5.74, 6) is 1.61. The molecule has 1 aromatic heterocycles. The van der Waals surface area contributed by atoms with Crippen LogP contribution in [0.15, 0.2) is 27.8 Å². The predicted octanol–water partition coefficient (Wildman–Crippen LogP) is 1.11. The zero-order valence-electron chi connectivity index (χ0n) is 10.8. The second-order valence-corrected chi connectivity index (χ2v) is 4.79. The van der Waals surface area contributed by atoms with E-state index in [-0.39, 0.29) is 12.0 Å². The highest BCUT2D eigenvalue weighted by Gasteiger charge is 2.41. The summed E-state index contributed by atoms with van der Waals surface area (Å²) in [4.78, 5) is 4.44. The second-order valence-electron chi connectivity index (χ2n) is 4.79. The Hall–Kier alpha value is -1.49. The van der Waals surface area contributed by atoms with Gasteiger partial charge in [-0.3, -0.25) is 0 Å². The summed E-state index contributed by atoms with van der Waals surface area (Å²) in [5.41, 5.74) is 0.0842. The second kappa shape index (κ2) is 5.91. The van der Waals surface area contributed by atoms with Crippen LogP contribution in [0.5, 0.6) is 0 Å². The van der Waals surface area contributed by atoms with E-state index in [1.807, 2.05) is 19.1 Å². The number of aliphatic imine (C=N–C) groups is 1. The van der Waals surface area contributed by atoms with Gasteiger partial charge in [0.25, 0.3) is 0 Å². The van der Waals surface area contributed by atoms with Gasteiger partial charge in [-0.25, -0.2) is 4.99 Å². The molecule has 1 aliphatic rings. The van der Waals surface area contributed by atoms with Crippen molar-refractivity contribution < 1.29 is 9.52 Å². The molecule has 0 amide bonds. The first-order chi connectivity index (χ1) is 8.78. The highest BCUT2D eigenvalue weighted by Crippen LogP contribution is 2.44. The largest absolute Gasteiger partial charge is 0.467 e. The zero-order valence-corrected chi connectivity index (χ0v) is 10.8. The van der Waals surface area contributed by atoms with E-state index in [0.29, 0.717) is 6.54 Å². The van der Waals surface area contributed by atoms with Crippen molar-refractivity contribution in [3.05, 3.63) is 24.2 Å². The lowest BCUT2D eigenvalue weighted by Crippen LogP contribution is -2.41. The summed E-state index contributed by atoms with van der Waals surface area (Å²) < 4.78 is 5.24. The third kappa shape index (κ3) is 3.50. The quantitative estimate of drug-likeness (QED) is 0.523. The molecular weight excluding hydrogens is 230 g/mol. The van der Waals surface area contributed by atoms with Gasteiger partial charge in [0.15, 0.2) is 5.96 Å². The number of hydrogen-bond donors (Lipinski definition) is 3. The predicted molar refractivity (Wildman–Crippen MR) is 70.3 cm³/mol.